The zero-order valence-corrected chi connectivity index (χ0v) is 9.19. The molecule has 0 saturated heterocycles. The molecule has 0 aliphatic rings. The summed E-state index contributed by atoms with van der Waals surface area (Å²) in [6, 6.07) is 6.35. The van der Waals surface area contributed by atoms with Crippen molar-refractivity contribution in [1.82, 2.24) is 0 Å². The van der Waals surface area contributed by atoms with Crippen LogP contribution in [-0.2, 0) is 12.8 Å². The third-order valence-electron chi connectivity index (χ3n) is 2.34. The van der Waals surface area contributed by atoms with E-state index >= 15 is 0 Å². The van der Waals surface area contributed by atoms with E-state index in [-0.39, 0.29) is 0 Å². The molecule has 0 saturated carbocycles. The van der Waals surface area contributed by atoms with Gasteiger partial charge in [-0.2, -0.15) is 0 Å². The second-order valence-electron chi connectivity index (χ2n) is 3.35. The Labute approximate surface area is 85.9 Å². The Bertz CT molecular complexity index is 266. The highest BCUT2D eigenvalue weighted by Gasteiger charge is 2.03. The molecular weight excluding hydrogens is 180 g/mol. The van der Waals surface area contributed by atoms with Gasteiger partial charge in [0, 0.05) is 5.02 Å². The van der Waals surface area contributed by atoms with Gasteiger partial charge >= 0.3 is 0 Å². The molecule has 0 fully saturated rings. The molecule has 1 rings (SSSR count). The second-order valence-corrected chi connectivity index (χ2v) is 3.73. The van der Waals surface area contributed by atoms with Gasteiger partial charge in [0.1, 0.15) is 0 Å². The molecular formula is C12H17Cl. The van der Waals surface area contributed by atoms with E-state index in [0.29, 0.717) is 0 Å². The summed E-state index contributed by atoms with van der Waals surface area (Å²) in [6.07, 6.45) is 4.60. The Morgan fingerprint density at radius 1 is 1.15 bits per heavy atom. The number of halogens is 1. The molecule has 72 valence electrons. The highest BCUT2D eigenvalue weighted by atomic mass is 35.5. The van der Waals surface area contributed by atoms with E-state index in [0.717, 1.165) is 17.9 Å². The van der Waals surface area contributed by atoms with Crippen molar-refractivity contribution < 1.29 is 0 Å². The van der Waals surface area contributed by atoms with Crippen LogP contribution in [0.4, 0.5) is 0 Å². The maximum absolute atomic E-state index is 6.24. The molecule has 1 aromatic rings. The van der Waals surface area contributed by atoms with E-state index in [1.807, 2.05) is 0 Å². The molecule has 0 aromatic heterocycles. The van der Waals surface area contributed by atoms with Gasteiger partial charge in [0.05, 0.1) is 0 Å². The van der Waals surface area contributed by atoms with Gasteiger partial charge in [-0.15, -0.1) is 0 Å². The Morgan fingerprint density at radius 3 is 2.46 bits per heavy atom. The number of unbranched alkanes of at least 4 members (excludes halogenated alkanes) is 1. The molecule has 0 atom stereocenters. The monoisotopic (exact) mass is 196 g/mol. The van der Waals surface area contributed by atoms with Crippen LogP contribution >= 0.6 is 11.6 Å². The maximum atomic E-state index is 6.24. The van der Waals surface area contributed by atoms with Crippen LogP contribution in [0.15, 0.2) is 18.2 Å². The van der Waals surface area contributed by atoms with Crippen LogP contribution in [0.3, 0.4) is 0 Å². The molecule has 0 N–H and O–H groups in total. The second kappa shape index (κ2) is 5.29. The topological polar surface area (TPSA) is 0 Å². The Hall–Kier alpha value is -0.490. The third-order valence-corrected chi connectivity index (χ3v) is 2.82. The fourth-order valence-electron chi connectivity index (χ4n) is 1.47. The first kappa shape index (κ1) is 10.6. The maximum Gasteiger partial charge on any atom is 0.0469 e. The number of benzene rings is 1. The van der Waals surface area contributed by atoms with Crippen molar-refractivity contribution in [2.24, 2.45) is 0 Å². The van der Waals surface area contributed by atoms with Crippen molar-refractivity contribution in [3.63, 3.8) is 0 Å². The predicted octanol–water partition coefficient (Wildman–Crippen LogP) is 4.25. The summed E-state index contributed by atoms with van der Waals surface area (Å²) < 4.78 is 0. The van der Waals surface area contributed by atoms with Crippen molar-refractivity contribution in [2.75, 3.05) is 0 Å². The standard InChI is InChI=1S/C12H17Cl/c1-3-5-7-11-9-6-8-10(4-2)12(11)13/h6,8-9H,3-5,7H2,1-2H3. The smallest absolute Gasteiger partial charge is 0.0469 e. The lowest BCUT2D eigenvalue weighted by Crippen LogP contribution is -1.90. The van der Waals surface area contributed by atoms with Gasteiger partial charge in [-0.05, 0) is 30.4 Å². The molecule has 1 aromatic carbocycles. The third kappa shape index (κ3) is 2.73. The van der Waals surface area contributed by atoms with Crippen LogP contribution in [-0.4, -0.2) is 0 Å². The van der Waals surface area contributed by atoms with Gasteiger partial charge in [-0.25, -0.2) is 0 Å². The van der Waals surface area contributed by atoms with E-state index in [1.165, 1.54) is 24.0 Å². The molecule has 0 nitrogen and oxygen atoms in total. The Morgan fingerprint density at radius 2 is 1.85 bits per heavy atom. The molecule has 0 aliphatic heterocycles. The molecule has 0 spiro atoms. The van der Waals surface area contributed by atoms with Crippen LogP contribution in [0.25, 0.3) is 0 Å². The SMILES string of the molecule is CCCCc1cccc(CC)c1Cl. The van der Waals surface area contributed by atoms with E-state index in [2.05, 4.69) is 32.0 Å². The molecule has 0 bridgehead atoms. The largest absolute Gasteiger partial charge is 0.0837 e. The van der Waals surface area contributed by atoms with Crippen LogP contribution < -0.4 is 0 Å². The van der Waals surface area contributed by atoms with Gasteiger partial charge < -0.3 is 0 Å². The summed E-state index contributed by atoms with van der Waals surface area (Å²) in [5.41, 5.74) is 2.58. The number of aryl methyl sites for hydroxylation is 2. The minimum atomic E-state index is 0.985. The average Bonchev–Trinajstić information content (AvgIpc) is 2.16. The van der Waals surface area contributed by atoms with Gasteiger partial charge in [-0.1, -0.05) is 50.1 Å². The van der Waals surface area contributed by atoms with Gasteiger partial charge in [0.15, 0.2) is 0 Å². The predicted molar refractivity (Wildman–Crippen MR) is 59.4 cm³/mol. The zero-order chi connectivity index (χ0) is 9.68. The summed E-state index contributed by atoms with van der Waals surface area (Å²) in [7, 11) is 0. The lowest BCUT2D eigenvalue weighted by molar-refractivity contribution is 0.794. The lowest BCUT2D eigenvalue weighted by atomic mass is 10.0. The number of hydrogen-bond donors (Lipinski definition) is 0. The van der Waals surface area contributed by atoms with E-state index in [9.17, 15) is 0 Å². The first-order chi connectivity index (χ1) is 6.29. The van der Waals surface area contributed by atoms with Crippen molar-refractivity contribution in [3.05, 3.63) is 34.3 Å². The number of hydrogen-bond acceptors (Lipinski definition) is 0. The fraction of sp³-hybridized carbons (Fsp3) is 0.500. The molecule has 0 amide bonds. The minimum absolute atomic E-state index is 0.985. The lowest BCUT2D eigenvalue weighted by Gasteiger charge is -2.07. The summed E-state index contributed by atoms with van der Waals surface area (Å²) in [4.78, 5) is 0. The molecule has 0 radical (unpaired) electrons. The van der Waals surface area contributed by atoms with Gasteiger partial charge in [-0.3, -0.25) is 0 Å². The van der Waals surface area contributed by atoms with E-state index in [4.69, 9.17) is 11.6 Å². The van der Waals surface area contributed by atoms with Crippen molar-refractivity contribution >= 4 is 11.6 Å². The quantitative estimate of drug-likeness (QED) is 0.676. The minimum Gasteiger partial charge on any atom is -0.0837 e. The highest BCUT2D eigenvalue weighted by molar-refractivity contribution is 6.32. The van der Waals surface area contributed by atoms with Gasteiger partial charge in [0.25, 0.3) is 0 Å². The van der Waals surface area contributed by atoms with Crippen LogP contribution in [0.5, 0.6) is 0 Å². The normalized spacial score (nSPS) is 10.4. The highest BCUT2D eigenvalue weighted by Crippen LogP contribution is 2.22. The Balaban J connectivity index is 2.81. The molecule has 0 unspecified atom stereocenters. The summed E-state index contributed by atoms with van der Waals surface area (Å²) in [5.74, 6) is 0. The summed E-state index contributed by atoms with van der Waals surface area (Å²) in [5, 5.41) is 0.985. The first-order valence-electron chi connectivity index (χ1n) is 5.05. The van der Waals surface area contributed by atoms with Crippen molar-refractivity contribution in [1.29, 1.82) is 0 Å². The van der Waals surface area contributed by atoms with Gasteiger partial charge in [0.2, 0.25) is 0 Å². The first-order valence-corrected chi connectivity index (χ1v) is 5.43. The average molecular weight is 197 g/mol. The molecule has 1 heteroatoms. The summed E-state index contributed by atoms with van der Waals surface area (Å²) >= 11 is 6.24. The van der Waals surface area contributed by atoms with Crippen molar-refractivity contribution in [3.8, 4) is 0 Å². The summed E-state index contributed by atoms with van der Waals surface area (Å²) in [6.45, 7) is 4.35. The zero-order valence-electron chi connectivity index (χ0n) is 8.44. The Kier molecular flexibility index (Phi) is 4.31. The molecule has 0 heterocycles. The van der Waals surface area contributed by atoms with E-state index < -0.39 is 0 Å². The fourth-order valence-corrected chi connectivity index (χ4v) is 1.82. The van der Waals surface area contributed by atoms with Crippen molar-refractivity contribution in [2.45, 2.75) is 39.5 Å². The van der Waals surface area contributed by atoms with E-state index in [1.54, 1.807) is 0 Å². The molecule has 13 heavy (non-hydrogen) atoms. The van der Waals surface area contributed by atoms with Crippen LogP contribution in [0.1, 0.15) is 37.8 Å². The van der Waals surface area contributed by atoms with Crippen LogP contribution in [0, 0.1) is 0 Å². The number of rotatable bonds is 4. The molecule has 0 aliphatic carbocycles. The van der Waals surface area contributed by atoms with Crippen LogP contribution in [0.2, 0.25) is 5.02 Å².